The van der Waals surface area contributed by atoms with Crippen molar-refractivity contribution in [2.24, 2.45) is 5.92 Å². The van der Waals surface area contributed by atoms with Crippen molar-refractivity contribution in [3.63, 3.8) is 0 Å². The molecule has 0 aromatic heterocycles. The van der Waals surface area contributed by atoms with E-state index in [1.54, 1.807) is 26.8 Å². The first-order valence-corrected chi connectivity index (χ1v) is 11.2. The van der Waals surface area contributed by atoms with Crippen molar-refractivity contribution in [2.45, 2.75) is 46.2 Å². The van der Waals surface area contributed by atoms with E-state index in [0.717, 1.165) is 11.1 Å². The molecule has 2 rings (SSSR count). The number of hydrogen-bond acceptors (Lipinski definition) is 6. The van der Waals surface area contributed by atoms with Gasteiger partial charge in [-0.15, -0.1) is 0 Å². The molecule has 0 aliphatic rings. The largest absolute Gasteiger partial charge is 0.467 e. The number of carbonyl (C=O) groups is 5. The Morgan fingerprint density at radius 3 is 2.17 bits per heavy atom. The van der Waals surface area contributed by atoms with Crippen LogP contribution >= 0.6 is 0 Å². The summed E-state index contributed by atoms with van der Waals surface area (Å²) in [5.74, 6) is -3.95. The van der Waals surface area contributed by atoms with Gasteiger partial charge in [0.25, 0.3) is 11.7 Å². The summed E-state index contributed by atoms with van der Waals surface area (Å²) in [6.07, 6.45) is 0.195. The van der Waals surface area contributed by atoms with Gasteiger partial charge < -0.3 is 20.7 Å². The number of methoxy groups -OCH3 is 1. The van der Waals surface area contributed by atoms with Gasteiger partial charge >= 0.3 is 5.97 Å². The fourth-order valence-electron chi connectivity index (χ4n) is 3.46. The number of amides is 3. The number of ketones is 1. The summed E-state index contributed by atoms with van der Waals surface area (Å²) in [4.78, 5) is 62.6. The summed E-state index contributed by atoms with van der Waals surface area (Å²) in [5, 5.41) is 7.64. The van der Waals surface area contributed by atoms with E-state index in [-0.39, 0.29) is 17.7 Å². The van der Waals surface area contributed by atoms with Gasteiger partial charge in [-0.25, -0.2) is 4.79 Å². The summed E-state index contributed by atoms with van der Waals surface area (Å²) in [6, 6.07) is 11.7. The van der Waals surface area contributed by atoms with Crippen molar-refractivity contribution in [1.82, 2.24) is 10.6 Å². The molecule has 2 aromatic carbocycles. The Labute approximate surface area is 204 Å². The maximum Gasteiger partial charge on any atom is 0.328 e. The van der Waals surface area contributed by atoms with Gasteiger partial charge in [0.05, 0.1) is 18.4 Å². The van der Waals surface area contributed by atoms with Crippen LogP contribution in [0.15, 0.2) is 48.5 Å². The molecule has 0 aliphatic carbocycles. The van der Waals surface area contributed by atoms with E-state index in [4.69, 9.17) is 4.74 Å². The number of rotatable bonds is 10. The highest BCUT2D eigenvalue weighted by atomic mass is 16.5. The molecule has 2 aromatic rings. The predicted octanol–water partition coefficient (Wildman–Crippen LogP) is 2.18. The van der Waals surface area contributed by atoms with Crippen molar-refractivity contribution in [2.75, 3.05) is 12.4 Å². The average molecular weight is 482 g/mol. The minimum absolute atomic E-state index is 0.0112. The van der Waals surface area contributed by atoms with E-state index in [9.17, 15) is 24.0 Å². The number of Topliss-reactive ketones (excluding diaryl/α,β-unsaturated/α-hetero) is 1. The number of ether oxygens (including phenoxy) is 1. The number of hydrogen-bond donors (Lipinski definition) is 3. The zero-order valence-electron chi connectivity index (χ0n) is 20.5. The van der Waals surface area contributed by atoms with Crippen molar-refractivity contribution >= 4 is 35.2 Å². The summed E-state index contributed by atoms with van der Waals surface area (Å²) in [6.45, 7) is 6.44. The molecule has 0 fully saturated rings. The molecule has 0 spiro atoms. The Morgan fingerprint density at radius 1 is 0.943 bits per heavy atom. The number of esters is 1. The summed E-state index contributed by atoms with van der Waals surface area (Å²) in [5.41, 5.74) is 1.74. The van der Waals surface area contributed by atoms with Crippen molar-refractivity contribution in [3.8, 4) is 0 Å². The lowest BCUT2D eigenvalue weighted by atomic mass is 10.00. The minimum Gasteiger partial charge on any atom is -0.467 e. The number of carbonyl (C=O) groups excluding carboxylic acids is 5. The molecule has 0 saturated heterocycles. The molecule has 3 N–H and O–H groups in total. The molecule has 0 unspecified atom stereocenters. The lowest BCUT2D eigenvalue weighted by Crippen LogP contribution is -2.55. The maximum atomic E-state index is 13.1. The second-order valence-corrected chi connectivity index (χ2v) is 8.53. The first-order chi connectivity index (χ1) is 16.5. The molecular formula is C26H31N3O6. The Morgan fingerprint density at radius 2 is 1.60 bits per heavy atom. The SMILES string of the molecule is COC(=O)[C@H](Cc1ccccc1)NC(=O)[C@@H](NC(=O)C(=O)c1cc(C)ccc1NC(C)=O)C(C)C. The number of benzene rings is 2. The van der Waals surface area contributed by atoms with Gasteiger partial charge in [-0.2, -0.15) is 0 Å². The molecule has 186 valence electrons. The molecule has 35 heavy (non-hydrogen) atoms. The van der Waals surface area contributed by atoms with Crippen LogP contribution in [0, 0.1) is 12.8 Å². The van der Waals surface area contributed by atoms with Crippen molar-refractivity contribution in [3.05, 3.63) is 65.2 Å². The zero-order chi connectivity index (χ0) is 26.1. The molecule has 2 atom stereocenters. The second kappa shape index (κ2) is 12.5. The quantitative estimate of drug-likeness (QED) is 0.271. The van der Waals surface area contributed by atoms with Crippen LogP contribution in [-0.4, -0.2) is 48.7 Å². The van der Waals surface area contributed by atoms with E-state index < -0.39 is 47.5 Å². The lowest BCUT2D eigenvalue weighted by molar-refractivity contribution is -0.145. The van der Waals surface area contributed by atoms with E-state index in [0.29, 0.717) is 0 Å². The van der Waals surface area contributed by atoms with E-state index >= 15 is 0 Å². The third-order valence-corrected chi connectivity index (χ3v) is 5.26. The highest BCUT2D eigenvalue weighted by molar-refractivity contribution is 6.44. The maximum absolute atomic E-state index is 13.1. The van der Waals surface area contributed by atoms with Crippen LogP contribution < -0.4 is 16.0 Å². The van der Waals surface area contributed by atoms with Crippen LogP contribution in [0.25, 0.3) is 0 Å². The molecule has 0 heterocycles. The van der Waals surface area contributed by atoms with Gasteiger partial charge in [-0.1, -0.05) is 55.8 Å². The number of nitrogens with one attached hydrogen (secondary N) is 3. The van der Waals surface area contributed by atoms with E-state index in [2.05, 4.69) is 16.0 Å². The average Bonchev–Trinajstić information content (AvgIpc) is 2.82. The van der Waals surface area contributed by atoms with E-state index in [1.807, 2.05) is 30.3 Å². The van der Waals surface area contributed by atoms with Crippen LogP contribution in [0.3, 0.4) is 0 Å². The first kappa shape index (κ1) is 27.2. The summed E-state index contributed by atoms with van der Waals surface area (Å²) < 4.78 is 4.83. The predicted molar refractivity (Wildman–Crippen MR) is 131 cm³/mol. The molecule has 0 aliphatic heterocycles. The van der Waals surface area contributed by atoms with Crippen LogP contribution in [0.1, 0.15) is 42.3 Å². The highest BCUT2D eigenvalue weighted by Gasteiger charge is 2.31. The number of aryl methyl sites for hydroxylation is 1. The Kier molecular flexibility index (Phi) is 9.69. The van der Waals surface area contributed by atoms with Gasteiger partial charge in [-0.3, -0.25) is 19.2 Å². The third kappa shape index (κ3) is 7.77. The van der Waals surface area contributed by atoms with Gasteiger partial charge in [0.2, 0.25) is 11.8 Å². The first-order valence-electron chi connectivity index (χ1n) is 11.2. The minimum atomic E-state index is -1.09. The standard InChI is InChI=1S/C26H31N3O6/c1-15(2)22(24(32)28-21(26(34)35-5)14-18-9-7-6-8-10-18)29-25(33)23(31)19-13-16(3)11-12-20(19)27-17(4)30/h6-13,15,21-22H,14H2,1-5H3,(H,27,30)(H,28,32)(H,29,33)/t21-,22-/m0/s1. The van der Waals surface area contributed by atoms with Crippen LogP contribution in [-0.2, 0) is 30.3 Å². The smallest absolute Gasteiger partial charge is 0.328 e. The normalized spacial score (nSPS) is 12.3. The van der Waals surface area contributed by atoms with Crippen LogP contribution in [0.4, 0.5) is 5.69 Å². The van der Waals surface area contributed by atoms with Gasteiger partial charge in [-0.05, 0) is 30.5 Å². The molecular weight excluding hydrogens is 450 g/mol. The van der Waals surface area contributed by atoms with E-state index in [1.165, 1.54) is 26.2 Å². The lowest BCUT2D eigenvalue weighted by Gasteiger charge is -2.24. The monoisotopic (exact) mass is 481 g/mol. The Balaban J connectivity index is 2.21. The molecule has 9 nitrogen and oxygen atoms in total. The highest BCUT2D eigenvalue weighted by Crippen LogP contribution is 2.19. The fourth-order valence-corrected chi connectivity index (χ4v) is 3.46. The van der Waals surface area contributed by atoms with Gasteiger partial charge in [0.15, 0.2) is 0 Å². The Bertz CT molecular complexity index is 1100. The Hall–Kier alpha value is -4.01. The second-order valence-electron chi connectivity index (χ2n) is 8.53. The van der Waals surface area contributed by atoms with Crippen LogP contribution in [0.2, 0.25) is 0 Å². The van der Waals surface area contributed by atoms with Gasteiger partial charge in [0, 0.05) is 13.3 Å². The molecule has 9 heteroatoms. The molecule has 0 bridgehead atoms. The summed E-state index contributed by atoms with van der Waals surface area (Å²) in [7, 11) is 1.22. The fraction of sp³-hybridized carbons (Fsp3) is 0.346. The topological polar surface area (TPSA) is 131 Å². The van der Waals surface area contributed by atoms with Crippen LogP contribution in [0.5, 0.6) is 0 Å². The molecule has 0 radical (unpaired) electrons. The van der Waals surface area contributed by atoms with Crippen molar-refractivity contribution < 1.29 is 28.7 Å². The zero-order valence-corrected chi connectivity index (χ0v) is 20.5. The van der Waals surface area contributed by atoms with Gasteiger partial charge in [0.1, 0.15) is 12.1 Å². The molecule has 0 saturated carbocycles. The summed E-state index contributed by atoms with van der Waals surface area (Å²) >= 11 is 0. The van der Waals surface area contributed by atoms with Crippen molar-refractivity contribution in [1.29, 1.82) is 0 Å². The molecule has 3 amide bonds. The number of anilines is 1. The third-order valence-electron chi connectivity index (χ3n) is 5.26.